The van der Waals surface area contributed by atoms with Crippen molar-refractivity contribution in [1.82, 2.24) is 25.2 Å². The van der Waals surface area contributed by atoms with Crippen LogP contribution in [0.5, 0.6) is 5.75 Å². The van der Waals surface area contributed by atoms with Crippen LogP contribution in [0.25, 0.3) is 11.5 Å². The summed E-state index contributed by atoms with van der Waals surface area (Å²) in [6.07, 6.45) is 0.918. The molecule has 0 saturated carbocycles. The lowest BCUT2D eigenvalue weighted by molar-refractivity contribution is 0.0181. The van der Waals surface area contributed by atoms with E-state index in [4.69, 9.17) is 9.47 Å². The van der Waals surface area contributed by atoms with Crippen molar-refractivity contribution in [2.75, 3.05) is 13.7 Å². The van der Waals surface area contributed by atoms with E-state index in [1.54, 1.807) is 13.3 Å². The van der Waals surface area contributed by atoms with Crippen LogP contribution in [-0.4, -0.2) is 50.1 Å². The maximum Gasteiger partial charge on any atom is 0.200 e. The van der Waals surface area contributed by atoms with E-state index in [0.29, 0.717) is 18.1 Å². The van der Waals surface area contributed by atoms with Crippen molar-refractivity contribution in [3.8, 4) is 17.3 Å². The van der Waals surface area contributed by atoms with Gasteiger partial charge in [-0.2, -0.15) is 0 Å². The summed E-state index contributed by atoms with van der Waals surface area (Å²) in [5, 5.41) is 21.7. The van der Waals surface area contributed by atoms with Gasteiger partial charge >= 0.3 is 0 Å². The van der Waals surface area contributed by atoms with Crippen LogP contribution in [-0.2, 0) is 17.9 Å². The lowest BCUT2D eigenvalue weighted by atomic mass is 10.2. The summed E-state index contributed by atoms with van der Waals surface area (Å²) >= 11 is 0. The highest BCUT2D eigenvalue weighted by atomic mass is 16.5. The Hall–Kier alpha value is -2.84. The number of ether oxygens (including phenoxy) is 2. The lowest BCUT2D eigenvalue weighted by Gasteiger charge is -2.13. The number of aliphatic hydroxyl groups excluding tert-OH is 1. The molecule has 1 N–H and O–H groups in total. The lowest BCUT2D eigenvalue weighted by Crippen LogP contribution is -2.23. The number of rotatable bonds is 8. The quantitative estimate of drug-likeness (QED) is 0.660. The molecule has 0 aliphatic heterocycles. The van der Waals surface area contributed by atoms with Crippen LogP contribution in [0.1, 0.15) is 5.56 Å². The topological polar surface area (TPSA) is 95.2 Å². The molecular weight excluding hydrogens is 322 g/mol. The highest BCUT2D eigenvalue weighted by Crippen LogP contribution is 2.18. The molecule has 0 aliphatic rings. The Morgan fingerprint density at radius 1 is 1.16 bits per heavy atom. The highest BCUT2D eigenvalue weighted by molar-refractivity contribution is 5.47. The molecule has 0 amide bonds. The molecule has 0 aliphatic carbocycles. The Bertz CT molecular complexity index is 794. The molecule has 25 heavy (non-hydrogen) atoms. The fourth-order valence-corrected chi connectivity index (χ4v) is 2.39. The molecule has 2 heterocycles. The molecular formula is C17H19N5O3. The number of para-hydroxylation sites is 1. The van der Waals surface area contributed by atoms with E-state index in [-0.39, 0.29) is 13.2 Å². The summed E-state index contributed by atoms with van der Waals surface area (Å²) in [5.74, 6) is 1.26. The van der Waals surface area contributed by atoms with Crippen LogP contribution in [0.4, 0.5) is 0 Å². The molecule has 1 aromatic carbocycles. The Morgan fingerprint density at radius 2 is 2.00 bits per heavy atom. The smallest absolute Gasteiger partial charge is 0.200 e. The summed E-state index contributed by atoms with van der Waals surface area (Å²) in [6.45, 7) is 0.716. The second-order valence-corrected chi connectivity index (χ2v) is 5.38. The zero-order valence-corrected chi connectivity index (χ0v) is 13.8. The first-order valence-electron chi connectivity index (χ1n) is 7.83. The van der Waals surface area contributed by atoms with Gasteiger partial charge in [0, 0.05) is 11.8 Å². The van der Waals surface area contributed by atoms with Gasteiger partial charge < -0.3 is 14.6 Å². The monoisotopic (exact) mass is 341 g/mol. The number of hydrogen-bond acceptors (Lipinski definition) is 7. The first kappa shape index (κ1) is 17.0. The minimum atomic E-state index is -0.749. The predicted molar refractivity (Wildman–Crippen MR) is 89.7 cm³/mol. The van der Waals surface area contributed by atoms with Crippen molar-refractivity contribution in [3.05, 3.63) is 54.2 Å². The number of methoxy groups -OCH3 is 1. The van der Waals surface area contributed by atoms with Crippen LogP contribution < -0.4 is 4.74 Å². The van der Waals surface area contributed by atoms with Gasteiger partial charge in [0.2, 0.25) is 5.82 Å². The molecule has 0 radical (unpaired) electrons. The number of tetrazole rings is 1. The average Bonchev–Trinajstić information content (AvgIpc) is 3.11. The summed E-state index contributed by atoms with van der Waals surface area (Å²) in [5.41, 5.74) is 1.57. The predicted octanol–water partition coefficient (Wildman–Crippen LogP) is 1.32. The first-order chi connectivity index (χ1) is 12.3. The van der Waals surface area contributed by atoms with Gasteiger partial charge in [-0.25, -0.2) is 4.68 Å². The van der Waals surface area contributed by atoms with Crippen LogP contribution in [0.2, 0.25) is 0 Å². The molecule has 130 valence electrons. The number of aliphatic hydroxyl groups is 1. The molecule has 3 aromatic rings. The van der Waals surface area contributed by atoms with Gasteiger partial charge in [0.05, 0.1) is 33.0 Å². The van der Waals surface area contributed by atoms with Gasteiger partial charge in [-0.1, -0.05) is 24.3 Å². The van der Waals surface area contributed by atoms with Crippen LogP contribution in [0.3, 0.4) is 0 Å². The zero-order valence-electron chi connectivity index (χ0n) is 13.8. The Labute approximate surface area is 145 Å². The molecule has 1 unspecified atom stereocenters. The zero-order chi connectivity index (χ0) is 17.5. The van der Waals surface area contributed by atoms with E-state index in [2.05, 4.69) is 20.5 Å². The summed E-state index contributed by atoms with van der Waals surface area (Å²) in [7, 11) is 1.62. The summed E-state index contributed by atoms with van der Waals surface area (Å²) < 4.78 is 12.4. The van der Waals surface area contributed by atoms with Gasteiger partial charge in [0.1, 0.15) is 11.4 Å². The summed E-state index contributed by atoms with van der Waals surface area (Å²) in [4.78, 5) is 4.22. The fourth-order valence-electron chi connectivity index (χ4n) is 2.39. The SMILES string of the molecule is COc1ccccc1COCC(O)Cn1nnnc1-c1ccccn1. The van der Waals surface area contributed by atoms with Gasteiger partial charge in [-0.3, -0.25) is 4.98 Å². The van der Waals surface area contributed by atoms with Crippen LogP contribution in [0, 0.1) is 0 Å². The van der Waals surface area contributed by atoms with Gasteiger partial charge in [0.25, 0.3) is 0 Å². The van der Waals surface area contributed by atoms with E-state index in [9.17, 15) is 5.11 Å². The van der Waals surface area contributed by atoms with E-state index < -0.39 is 6.10 Å². The van der Waals surface area contributed by atoms with E-state index in [1.807, 2.05) is 42.5 Å². The van der Waals surface area contributed by atoms with E-state index >= 15 is 0 Å². The Balaban J connectivity index is 1.55. The van der Waals surface area contributed by atoms with Crippen molar-refractivity contribution >= 4 is 0 Å². The minimum Gasteiger partial charge on any atom is -0.496 e. The molecule has 0 bridgehead atoms. The molecule has 0 saturated heterocycles. The normalized spacial score (nSPS) is 12.1. The van der Waals surface area contributed by atoms with Crippen LogP contribution in [0.15, 0.2) is 48.7 Å². The van der Waals surface area contributed by atoms with Gasteiger partial charge in [-0.15, -0.1) is 5.10 Å². The number of nitrogens with zero attached hydrogens (tertiary/aromatic N) is 5. The van der Waals surface area contributed by atoms with Crippen molar-refractivity contribution < 1.29 is 14.6 Å². The maximum atomic E-state index is 10.2. The summed E-state index contributed by atoms with van der Waals surface area (Å²) in [6, 6.07) is 13.1. The molecule has 8 heteroatoms. The average molecular weight is 341 g/mol. The third-order valence-electron chi connectivity index (χ3n) is 3.57. The molecule has 0 spiro atoms. The number of pyridine rings is 1. The highest BCUT2D eigenvalue weighted by Gasteiger charge is 2.14. The standard InChI is InChI=1S/C17H19N5O3/c1-24-16-8-3-2-6-13(16)11-25-12-14(23)10-22-17(19-20-21-22)15-7-4-5-9-18-15/h2-9,14,23H,10-12H2,1H3. The molecule has 1 atom stereocenters. The molecule has 0 fully saturated rings. The van der Waals surface area contributed by atoms with E-state index in [1.165, 1.54) is 4.68 Å². The fraction of sp³-hybridized carbons (Fsp3) is 0.294. The third-order valence-corrected chi connectivity index (χ3v) is 3.57. The molecule has 3 rings (SSSR count). The largest absolute Gasteiger partial charge is 0.496 e. The van der Waals surface area contributed by atoms with Crippen molar-refractivity contribution in [2.24, 2.45) is 0 Å². The molecule has 8 nitrogen and oxygen atoms in total. The van der Waals surface area contributed by atoms with Crippen LogP contribution >= 0.6 is 0 Å². The van der Waals surface area contributed by atoms with Gasteiger partial charge in [-0.05, 0) is 28.6 Å². The Morgan fingerprint density at radius 3 is 2.80 bits per heavy atom. The maximum absolute atomic E-state index is 10.2. The Kier molecular flexibility index (Phi) is 5.65. The van der Waals surface area contributed by atoms with E-state index in [0.717, 1.165) is 11.3 Å². The second-order valence-electron chi connectivity index (χ2n) is 5.38. The number of benzene rings is 1. The second kappa shape index (κ2) is 8.32. The first-order valence-corrected chi connectivity index (χ1v) is 7.83. The third kappa shape index (κ3) is 4.37. The van der Waals surface area contributed by atoms with Gasteiger partial charge in [0.15, 0.2) is 0 Å². The van der Waals surface area contributed by atoms with Crippen molar-refractivity contribution in [1.29, 1.82) is 0 Å². The number of aromatic nitrogens is 5. The molecule has 2 aromatic heterocycles. The number of hydrogen-bond donors (Lipinski definition) is 1. The van der Waals surface area contributed by atoms with Crippen molar-refractivity contribution in [2.45, 2.75) is 19.3 Å². The van der Waals surface area contributed by atoms with Crippen molar-refractivity contribution in [3.63, 3.8) is 0 Å². The minimum absolute atomic E-state index is 0.152.